The van der Waals surface area contributed by atoms with Gasteiger partial charge in [0.1, 0.15) is 11.2 Å². The molecule has 9 rings (SSSR count). The van der Waals surface area contributed by atoms with Crippen LogP contribution in [0.3, 0.4) is 0 Å². The molecule has 9 aromatic rings. The van der Waals surface area contributed by atoms with E-state index < -0.39 is 0 Å². The van der Waals surface area contributed by atoms with Gasteiger partial charge in [0.25, 0.3) is 0 Å². The third-order valence-corrected chi connectivity index (χ3v) is 9.02. The van der Waals surface area contributed by atoms with Crippen LogP contribution in [0.5, 0.6) is 0 Å². The summed E-state index contributed by atoms with van der Waals surface area (Å²) in [6.45, 7) is 0. The molecule has 0 unspecified atom stereocenters. The minimum atomic E-state index is 0.888. The second-order valence-electron chi connectivity index (χ2n) is 11.7. The summed E-state index contributed by atoms with van der Waals surface area (Å²) in [6, 6.07) is 62.7. The van der Waals surface area contributed by atoms with E-state index in [2.05, 4.69) is 175 Å². The quantitative estimate of drug-likeness (QED) is 0.199. The van der Waals surface area contributed by atoms with Crippen molar-refractivity contribution in [1.29, 1.82) is 0 Å². The number of hydrogen-bond donors (Lipinski definition) is 0. The van der Waals surface area contributed by atoms with E-state index in [4.69, 9.17) is 4.42 Å². The number of benzene rings is 8. The second kappa shape index (κ2) is 10.8. The van der Waals surface area contributed by atoms with Crippen molar-refractivity contribution in [2.24, 2.45) is 0 Å². The highest BCUT2D eigenvalue weighted by Crippen LogP contribution is 2.53. The highest BCUT2D eigenvalue weighted by Gasteiger charge is 2.27. The first-order chi connectivity index (χ1) is 22.8. The molecule has 0 radical (unpaired) electrons. The number of fused-ring (bicyclic) bond motifs is 6. The van der Waals surface area contributed by atoms with Gasteiger partial charge >= 0.3 is 0 Å². The summed E-state index contributed by atoms with van der Waals surface area (Å²) in [5.74, 6) is 0. The molecule has 1 aromatic heterocycles. The average Bonchev–Trinajstić information content (AvgIpc) is 3.52. The van der Waals surface area contributed by atoms with Gasteiger partial charge in [0.15, 0.2) is 0 Å². The highest BCUT2D eigenvalue weighted by atomic mass is 16.3. The smallest absolute Gasteiger partial charge is 0.144 e. The zero-order valence-electron chi connectivity index (χ0n) is 25.1. The third-order valence-electron chi connectivity index (χ3n) is 9.02. The van der Waals surface area contributed by atoms with Gasteiger partial charge in [-0.3, -0.25) is 0 Å². The van der Waals surface area contributed by atoms with Crippen molar-refractivity contribution in [3.63, 3.8) is 0 Å². The van der Waals surface area contributed by atoms with E-state index in [9.17, 15) is 0 Å². The van der Waals surface area contributed by atoms with E-state index >= 15 is 0 Å². The van der Waals surface area contributed by atoms with Gasteiger partial charge in [-0.2, -0.15) is 0 Å². The molecule has 0 aliphatic heterocycles. The summed E-state index contributed by atoms with van der Waals surface area (Å²) in [4.78, 5) is 2.47. The van der Waals surface area contributed by atoms with Crippen molar-refractivity contribution in [2.75, 3.05) is 4.90 Å². The van der Waals surface area contributed by atoms with Crippen LogP contribution in [0, 0.1) is 0 Å². The topological polar surface area (TPSA) is 16.4 Å². The molecular formula is C44H29NO. The molecule has 2 heteroatoms. The Morgan fingerprint density at radius 3 is 1.85 bits per heavy atom. The second-order valence-corrected chi connectivity index (χ2v) is 11.7. The van der Waals surface area contributed by atoms with Crippen molar-refractivity contribution in [1.82, 2.24) is 0 Å². The number of rotatable bonds is 5. The van der Waals surface area contributed by atoms with Crippen molar-refractivity contribution in [3.8, 4) is 22.3 Å². The largest absolute Gasteiger partial charge is 0.455 e. The lowest BCUT2D eigenvalue weighted by molar-refractivity contribution is 0.673. The molecule has 8 aromatic carbocycles. The van der Waals surface area contributed by atoms with Crippen LogP contribution in [-0.4, -0.2) is 0 Å². The Morgan fingerprint density at radius 1 is 0.435 bits per heavy atom. The van der Waals surface area contributed by atoms with Gasteiger partial charge in [-0.15, -0.1) is 0 Å². The van der Waals surface area contributed by atoms with E-state index in [-0.39, 0.29) is 0 Å². The number of nitrogens with zero attached hydrogens (tertiary/aromatic N) is 1. The summed E-state index contributed by atoms with van der Waals surface area (Å²) in [6.07, 6.45) is 0. The van der Waals surface area contributed by atoms with E-state index in [0.29, 0.717) is 0 Å². The van der Waals surface area contributed by atoms with Crippen molar-refractivity contribution in [2.45, 2.75) is 0 Å². The fourth-order valence-corrected chi connectivity index (χ4v) is 6.98. The molecule has 0 fully saturated rings. The summed E-state index contributed by atoms with van der Waals surface area (Å²) in [5.41, 5.74) is 9.75. The number of anilines is 3. The van der Waals surface area contributed by atoms with E-state index in [1.807, 2.05) is 6.07 Å². The normalized spacial score (nSPS) is 11.5. The Bertz CT molecular complexity index is 2530. The minimum absolute atomic E-state index is 0.888. The predicted octanol–water partition coefficient (Wildman–Crippen LogP) is 12.7. The first kappa shape index (κ1) is 26.3. The van der Waals surface area contributed by atoms with Crippen LogP contribution in [0.15, 0.2) is 180 Å². The predicted molar refractivity (Wildman–Crippen MR) is 194 cm³/mol. The van der Waals surface area contributed by atoms with Gasteiger partial charge in [-0.25, -0.2) is 0 Å². The maximum atomic E-state index is 6.71. The SMILES string of the molecule is c1ccc(-c2ccccc2N(c2ccc3ccccc3c2)c2c(-c3ccccc3)c3c4ccccc4oc3c3ccccc23)cc1. The van der Waals surface area contributed by atoms with Gasteiger partial charge in [0.2, 0.25) is 0 Å². The zero-order valence-corrected chi connectivity index (χ0v) is 25.1. The van der Waals surface area contributed by atoms with E-state index in [0.717, 1.165) is 66.5 Å². The first-order valence-electron chi connectivity index (χ1n) is 15.7. The summed E-state index contributed by atoms with van der Waals surface area (Å²) < 4.78 is 6.71. The van der Waals surface area contributed by atoms with Crippen molar-refractivity contribution < 1.29 is 4.42 Å². The van der Waals surface area contributed by atoms with Crippen LogP contribution in [0.1, 0.15) is 0 Å². The molecular weight excluding hydrogens is 558 g/mol. The summed E-state index contributed by atoms with van der Waals surface area (Å²) in [7, 11) is 0. The van der Waals surface area contributed by atoms with Crippen molar-refractivity contribution >= 4 is 60.5 Å². The highest BCUT2D eigenvalue weighted by molar-refractivity contribution is 6.27. The molecule has 0 N–H and O–H groups in total. The number of furan rings is 1. The third kappa shape index (κ3) is 4.19. The van der Waals surface area contributed by atoms with Crippen LogP contribution in [0.25, 0.3) is 65.7 Å². The molecule has 0 amide bonds. The molecule has 0 spiro atoms. The van der Waals surface area contributed by atoms with Crippen LogP contribution >= 0.6 is 0 Å². The molecule has 1 heterocycles. The Kier molecular flexibility index (Phi) is 6.17. The fraction of sp³-hybridized carbons (Fsp3) is 0. The van der Waals surface area contributed by atoms with Crippen LogP contribution < -0.4 is 4.90 Å². The number of para-hydroxylation sites is 2. The molecule has 0 aliphatic rings. The summed E-state index contributed by atoms with van der Waals surface area (Å²) >= 11 is 0. The Balaban J connectivity index is 1.50. The van der Waals surface area contributed by atoms with E-state index in [1.54, 1.807) is 0 Å². The fourth-order valence-electron chi connectivity index (χ4n) is 6.98. The van der Waals surface area contributed by atoms with Crippen molar-refractivity contribution in [3.05, 3.63) is 176 Å². The lowest BCUT2D eigenvalue weighted by atomic mass is 9.91. The molecule has 216 valence electrons. The maximum absolute atomic E-state index is 6.71. The van der Waals surface area contributed by atoms with E-state index in [1.165, 1.54) is 16.3 Å². The molecule has 2 nitrogen and oxygen atoms in total. The van der Waals surface area contributed by atoms with Gasteiger partial charge in [0, 0.05) is 38.4 Å². The first-order valence-corrected chi connectivity index (χ1v) is 15.7. The van der Waals surface area contributed by atoms with Crippen LogP contribution in [0.4, 0.5) is 17.1 Å². The maximum Gasteiger partial charge on any atom is 0.144 e. The molecule has 0 atom stereocenters. The molecule has 0 saturated carbocycles. The Hall–Kier alpha value is -6.12. The number of hydrogen-bond acceptors (Lipinski definition) is 2. The molecule has 46 heavy (non-hydrogen) atoms. The zero-order chi connectivity index (χ0) is 30.5. The van der Waals surface area contributed by atoms with Crippen LogP contribution in [-0.2, 0) is 0 Å². The van der Waals surface area contributed by atoms with Gasteiger partial charge in [0.05, 0.1) is 11.4 Å². The standard InChI is InChI=1S/C44H29NO/c1-3-16-31(17-4-1)35-21-11-13-25-39(35)45(34-28-27-30-15-7-8-20-33(30)29-34)43-36-22-9-10-23-37(36)44-42(38-24-12-14-26-40(38)46-44)41(43)32-18-5-2-6-19-32/h1-29H. The molecule has 0 aliphatic carbocycles. The minimum Gasteiger partial charge on any atom is -0.455 e. The lowest BCUT2D eigenvalue weighted by Gasteiger charge is -2.31. The van der Waals surface area contributed by atoms with Gasteiger partial charge in [-0.1, -0.05) is 152 Å². The van der Waals surface area contributed by atoms with Gasteiger partial charge < -0.3 is 9.32 Å². The molecule has 0 bridgehead atoms. The summed E-state index contributed by atoms with van der Waals surface area (Å²) in [5, 5.41) is 6.86. The Morgan fingerprint density at radius 2 is 1.04 bits per heavy atom. The Labute approximate surface area is 267 Å². The average molecular weight is 588 g/mol. The molecule has 0 saturated heterocycles. The monoisotopic (exact) mass is 587 g/mol. The lowest BCUT2D eigenvalue weighted by Crippen LogP contribution is -2.13. The van der Waals surface area contributed by atoms with Crippen LogP contribution in [0.2, 0.25) is 0 Å². The van der Waals surface area contributed by atoms with Gasteiger partial charge in [-0.05, 0) is 46.2 Å².